The lowest BCUT2D eigenvalue weighted by Crippen LogP contribution is -2.40. The van der Waals surface area contributed by atoms with Gasteiger partial charge in [-0.15, -0.1) is 0 Å². The maximum Gasteiger partial charge on any atom is 0.255 e. The Labute approximate surface area is 115 Å². The predicted octanol–water partition coefficient (Wildman–Crippen LogP) is 1.44. The third kappa shape index (κ3) is 4.44. The van der Waals surface area contributed by atoms with Crippen molar-refractivity contribution in [1.82, 2.24) is 15.2 Å². The van der Waals surface area contributed by atoms with Crippen LogP contribution in [0, 0.1) is 0 Å². The first-order valence-corrected chi connectivity index (χ1v) is 6.35. The molecule has 0 atom stereocenters. The van der Waals surface area contributed by atoms with Crippen LogP contribution in [0.2, 0.25) is 0 Å². The molecule has 0 aliphatic carbocycles. The van der Waals surface area contributed by atoms with Gasteiger partial charge in [0, 0.05) is 30.0 Å². The highest BCUT2D eigenvalue weighted by Gasteiger charge is 2.15. The summed E-state index contributed by atoms with van der Waals surface area (Å²) in [7, 11) is 1.59. The van der Waals surface area contributed by atoms with Crippen molar-refractivity contribution in [1.29, 1.82) is 0 Å². The Morgan fingerprint density at radius 1 is 1.44 bits per heavy atom. The van der Waals surface area contributed by atoms with Crippen LogP contribution in [0.1, 0.15) is 24.2 Å². The van der Waals surface area contributed by atoms with Gasteiger partial charge in [-0.3, -0.25) is 14.6 Å². The Morgan fingerprint density at radius 2 is 2.11 bits per heavy atom. The highest BCUT2D eigenvalue weighted by molar-refractivity contribution is 9.10. The van der Waals surface area contributed by atoms with Crippen LogP contribution in [0.15, 0.2) is 22.9 Å². The number of likely N-dealkylation sites (N-methyl/N-ethyl adjacent to an activating group) is 1. The molecular formula is C12H16BrN3O2. The van der Waals surface area contributed by atoms with Gasteiger partial charge >= 0.3 is 0 Å². The number of aromatic nitrogens is 1. The average Bonchev–Trinajstić information content (AvgIpc) is 2.26. The molecule has 98 valence electrons. The third-order valence-corrected chi connectivity index (χ3v) is 2.56. The monoisotopic (exact) mass is 313 g/mol. The van der Waals surface area contributed by atoms with Crippen LogP contribution in [-0.2, 0) is 4.79 Å². The van der Waals surface area contributed by atoms with Crippen molar-refractivity contribution in [3.8, 4) is 0 Å². The van der Waals surface area contributed by atoms with Gasteiger partial charge in [0.1, 0.15) is 0 Å². The molecule has 1 aromatic rings. The predicted molar refractivity (Wildman–Crippen MR) is 72.2 cm³/mol. The summed E-state index contributed by atoms with van der Waals surface area (Å²) in [4.78, 5) is 28.8. The van der Waals surface area contributed by atoms with Crippen LogP contribution in [0.5, 0.6) is 0 Å². The Bertz CT molecular complexity index is 449. The third-order valence-electron chi connectivity index (χ3n) is 2.13. The molecule has 0 saturated heterocycles. The van der Waals surface area contributed by atoms with Crippen molar-refractivity contribution in [2.45, 2.75) is 19.9 Å². The number of halogens is 1. The number of nitrogens with zero attached hydrogens (tertiary/aromatic N) is 2. The molecule has 1 N–H and O–H groups in total. The van der Waals surface area contributed by atoms with E-state index in [0.29, 0.717) is 5.56 Å². The van der Waals surface area contributed by atoms with E-state index < -0.39 is 0 Å². The zero-order chi connectivity index (χ0) is 13.7. The van der Waals surface area contributed by atoms with Gasteiger partial charge in [-0.05, 0) is 35.8 Å². The SMILES string of the molecule is CC(C)NC(=O)CN(C)C(=O)c1cncc(Br)c1. The molecule has 5 nitrogen and oxygen atoms in total. The van der Waals surface area contributed by atoms with Gasteiger partial charge in [-0.2, -0.15) is 0 Å². The van der Waals surface area contributed by atoms with E-state index >= 15 is 0 Å². The van der Waals surface area contributed by atoms with Gasteiger partial charge in [0.15, 0.2) is 0 Å². The van der Waals surface area contributed by atoms with Crippen molar-refractivity contribution < 1.29 is 9.59 Å². The van der Waals surface area contributed by atoms with Crippen molar-refractivity contribution in [2.24, 2.45) is 0 Å². The van der Waals surface area contributed by atoms with Crippen molar-refractivity contribution in [2.75, 3.05) is 13.6 Å². The van der Waals surface area contributed by atoms with Crippen molar-refractivity contribution >= 4 is 27.7 Å². The van der Waals surface area contributed by atoms with Crippen LogP contribution >= 0.6 is 15.9 Å². The number of rotatable bonds is 4. The van der Waals surface area contributed by atoms with E-state index in [2.05, 4.69) is 26.2 Å². The lowest BCUT2D eigenvalue weighted by atomic mass is 10.2. The lowest BCUT2D eigenvalue weighted by Gasteiger charge is -2.17. The van der Waals surface area contributed by atoms with Gasteiger partial charge in [0.25, 0.3) is 5.91 Å². The van der Waals surface area contributed by atoms with E-state index in [9.17, 15) is 9.59 Å². The molecule has 1 rings (SSSR count). The Morgan fingerprint density at radius 3 is 2.67 bits per heavy atom. The lowest BCUT2D eigenvalue weighted by molar-refractivity contribution is -0.122. The molecule has 0 fully saturated rings. The second-order valence-corrected chi connectivity index (χ2v) is 5.19. The molecule has 1 aromatic heterocycles. The molecule has 0 radical (unpaired) electrons. The van der Waals surface area contributed by atoms with Gasteiger partial charge < -0.3 is 10.2 Å². The molecular weight excluding hydrogens is 298 g/mol. The minimum atomic E-state index is -0.234. The van der Waals surface area contributed by atoms with Crippen LogP contribution in [0.3, 0.4) is 0 Å². The first-order chi connectivity index (χ1) is 8.40. The standard InChI is InChI=1S/C12H16BrN3O2/c1-8(2)15-11(17)7-16(3)12(18)9-4-10(13)6-14-5-9/h4-6,8H,7H2,1-3H3,(H,15,17). The zero-order valence-corrected chi connectivity index (χ0v) is 12.2. The van der Waals surface area contributed by atoms with Crippen LogP contribution in [0.4, 0.5) is 0 Å². The number of carbonyl (C=O) groups is 2. The Balaban J connectivity index is 2.64. The molecule has 0 unspecified atom stereocenters. The molecule has 0 aliphatic rings. The topological polar surface area (TPSA) is 62.3 Å². The van der Waals surface area contributed by atoms with E-state index in [0.717, 1.165) is 4.47 Å². The van der Waals surface area contributed by atoms with Gasteiger partial charge in [-0.25, -0.2) is 0 Å². The fraction of sp³-hybridized carbons (Fsp3) is 0.417. The smallest absolute Gasteiger partial charge is 0.255 e. The van der Waals surface area contributed by atoms with E-state index in [4.69, 9.17) is 0 Å². The second-order valence-electron chi connectivity index (χ2n) is 4.28. The largest absolute Gasteiger partial charge is 0.352 e. The summed E-state index contributed by atoms with van der Waals surface area (Å²) in [5.74, 6) is -0.411. The van der Waals surface area contributed by atoms with Crippen LogP contribution in [-0.4, -0.2) is 41.3 Å². The summed E-state index contributed by atoms with van der Waals surface area (Å²) in [6.45, 7) is 3.78. The maximum atomic E-state index is 12.0. The maximum absolute atomic E-state index is 12.0. The summed E-state index contributed by atoms with van der Waals surface area (Å²) in [6, 6.07) is 1.74. The number of pyridine rings is 1. The van der Waals surface area contributed by atoms with Gasteiger partial charge in [0.2, 0.25) is 5.91 Å². The molecule has 0 aromatic carbocycles. The number of hydrogen-bond donors (Lipinski definition) is 1. The summed E-state index contributed by atoms with van der Waals surface area (Å²) >= 11 is 3.25. The fourth-order valence-electron chi connectivity index (χ4n) is 1.40. The molecule has 6 heteroatoms. The van der Waals surface area contributed by atoms with Crippen LogP contribution < -0.4 is 5.32 Å². The minimum Gasteiger partial charge on any atom is -0.352 e. The first-order valence-electron chi connectivity index (χ1n) is 5.55. The van der Waals surface area contributed by atoms with E-state index in [1.54, 1.807) is 19.3 Å². The molecule has 1 heterocycles. The fourth-order valence-corrected chi connectivity index (χ4v) is 1.77. The van der Waals surface area contributed by atoms with Gasteiger partial charge in [-0.1, -0.05) is 0 Å². The molecule has 0 aliphatic heterocycles. The zero-order valence-electron chi connectivity index (χ0n) is 10.6. The van der Waals surface area contributed by atoms with Crippen LogP contribution in [0.25, 0.3) is 0 Å². The van der Waals surface area contributed by atoms with Crippen molar-refractivity contribution in [3.63, 3.8) is 0 Å². The van der Waals surface area contributed by atoms with E-state index in [1.807, 2.05) is 13.8 Å². The number of nitrogens with one attached hydrogen (secondary N) is 1. The summed E-state index contributed by atoms with van der Waals surface area (Å²) < 4.78 is 0.730. The minimum absolute atomic E-state index is 0.0313. The summed E-state index contributed by atoms with van der Waals surface area (Å²) in [5, 5.41) is 2.73. The molecule has 0 bridgehead atoms. The Hall–Kier alpha value is -1.43. The molecule has 2 amide bonds. The Kier molecular flexibility index (Phi) is 5.27. The highest BCUT2D eigenvalue weighted by Crippen LogP contribution is 2.11. The summed E-state index contributed by atoms with van der Waals surface area (Å²) in [6.07, 6.45) is 3.08. The highest BCUT2D eigenvalue weighted by atomic mass is 79.9. The number of amides is 2. The normalized spacial score (nSPS) is 10.3. The van der Waals surface area contributed by atoms with E-state index in [1.165, 1.54) is 11.1 Å². The summed E-state index contributed by atoms with van der Waals surface area (Å²) in [5.41, 5.74) is 0.448. The quantitative estimate of drug-likeness (QED) is 0.915. The van der Waals surface area contributed by atoms with Gasteiger partial charge in [0.05, 0.1) is 12.1 Å². The average molecular weight is 314 g/mol. The van der Waals surface area contributed by atoms with Crippen molar-refractivity contribution in [3.05, 3.63) is 28.5 Å². The van der Waals surface area contributed by atoms with E-state index in [-0.39, 0.29) is 24.4 Å². The first kappa shape index (κ1) is 14.6. The number of hydrogen-bond acceptors (Lipinski definition) is 3. The molecule has 18 heavy (non-hydrogen) atoms. The second kappa shape index (κ2) is 6.49. The molecule has 0 saturated carbocycles. The number of carbonyl (C=O) groups excluding carboxylic acids is 2. The molecule has 0 spiro atoms.